The predicted molar refractivity (Wildman–Crippen MR) is 196 cm³/mol. The Bertz CT molecular complexity index is 1800. The fraction of sp³-hybridized carbons (Fsp3) is 0.314. The predicted octanol–water partition coefficient (Wildman–Crippen LogP) is 10.2. The number of rotatable bonds is 4. The molecule has 0 spiro atoms. The zero-order valence-corrected chi connectivity index (χ0v) is 31.1. The first-order valence-electron chi connectivity index (χ1n) is 13.9. The summed E-state index contributed by atoms with van der Waals surface area (Å²) in [5, 5.41) is 0. The molecule has 0 saturated heterocycles. The molecule has 4 heterocycles. The molecule has 0 amide bonds. The maximum atomic E-state index is 3.51. The van der Waals surface area contributed by atoms with Gasteiger partial charge in [-0.2, -0.15) is 0 Å². The molecule has 0 aromatic carbocycles. The highest BCUT2D eigenvalue weighted by molar-refractivity contribution is 14.1. The number of thiophene rings is 4. The van der Waals surface area contributed by atoms with Crippen LogP contribution in [-0.2, 0) is 25.7 Å². The maximum Gasteiger partial charge on any atom is 0.129 e. The van der Waals surface area contributed by atoms with Crippen LogP contribution in [0.25, 0.3) is 0 Å². The van der Waals surface area contributed by atoms with Crippen LogP contribution in [-0.4, -0.2) is 8.07 Å². The Hall–Kier alpha value is -2.01. The Morgan fingerprint density at radius 3 is 1.22 bits per heavy atom. The smallest absolute Gasteiger partial charge is 0.126 e. The number of halogens is 1. The van der Waals surface area contributed by atoms with Crippen molar-refractivity contribution in [1.29, 1.82) is 0 Å². The van der Waals surface area contributed by atoms with E-state index >= 15 is 0 Å². The van der Waals surface area contributed by atoms with Gasteiger partial charge in [0.1, 0.15) is 8.07 Å². The van der Waals surface area contributed by atoms with E-state index in [9.17, 15) is 0 Å². The van der Waals surface area contributed by atoms with Gasteiger partial charge in [0.15, 0.2) is 0 Å². The van der Waals surface area contributed by atoms with Gasteiger partial charge in [0, 0.05) is 0 Å². The van der Waals surface area contributed by atoms with Crippen molar-refractivity contribution in [2.75, 3.05) is 0 Å². The molecular weight excluding hydrogens is 704 g/mol. The van der Waals surface area contributed by atoms with Gasteiger partial charge in [-0.3, -0.25) is 0 Å². The van der Waals surface area contributed by atoms with Gasteiger partial charge >= 0.3 is 0 Å². The fourth-order valence-electron chi connectivity index (χ4n) is 3.94. The van der Waals surface area contributed by atoms with Crippen LogP contribution in [0.5, 0.6) is 0 Å². The molecule has 0 radical (unpaired) electrons. The lowest BCUT2D eigenvalue weighted by Gasteiger charge is -2.03. The minimum Gasteiger partial charge on any atom is -0.126 e. The van der Waals surface area contributed by atoms with Gasteiger partial charge in [0.05, 0.1) is 37.0 Å². The van der Waals surface area contributed by atoms with Crippen LogP contribution in [0.1, 0.15) is 84.1 Å². The van der Waals surface area contributed by atoms with E-state index in [4.69, 9.17) is 0 Å². The number of hydrogen-bond acceptors (Lipinski definition) is 4. The Labute approximate surface area is 277 Å². The average Bonchev–Trinajstić information content (AvgIpc) is 3.71. The molecule has 0 bridgehead atoms. The van der Waals surface area contributed by atoms with Gasteiger partial charge in [-0.1, -0.05) is 53.3 Å². The van der Waals surface area contributed by atoms with E-state index in [0.29, 0.717) is 0 Å². The van der Waals surface area contributed by atoms with E-state index in [1.807, 2.05) is 0 Å². The fourth-order valence-corrected chi connectivity index (χ4v) is 9.28. The summed E-state index contributed by atoms with van der Waals surface area (Å²) >= 11 is 9.29. The molecule has 0 nitrogen and oxygen atoms in total. The Kier molecular flexibility index (Phi) is 11.2. The molecule has 0 fully saturated rings. The van der Waals surface area contributed by atoms with Crippen LogP contribution >= 0.6 is 67.9 Å². The second-order valence-electron chi connectivity index (χ2n) is 10.5. The van der Waals surface area contributed by atoms with Gasteiger partial charge in [0.25, 0.3) is 0 Å². The largest absolute Gasteiger partial charge is 0.129 e. The topological polar surface area (TPSA) is 0 Å². The molecule has 6 heteroatoms. The van der Waals surface area contributed by atoms with E-state index in [0.717, 1.165) is 50.1 Å². The lowest BCUT2D eigenvalue weighted by atomic mass is 10.1. The summed E-state index contributed by atoms with van der Waals surface area (Å²) in [6, 6.07) is 8.88. The van der Waals surface area contributed by atoms with Crippen molar-refractivity contribution in [3.05, 3.63) is 83.5 Å². The highest BCUT2D eigenvalue weighted by Gasteiger charge is 2.11. The standard InChI is InChI=1S/C35H33IS4Si/c1-8-24-20-28(37-32(24)16-13-30-22-26(10-3)34(39-30)18-19-41(5,6)7)12-15-31-25(9-2)21-29(38-31)14-17-33-27(11-4)23-35(36)40-33/h20-23H,8-11H2,1-7H3. The summed E-state index contributed by atoms with van der Waals surface area (Å²) in [5.41, 5.74) is 8.69. The van der Waals surface area contributed by atoms with Crippen molar-refractivity contribution < 1.29 is 0 Å². The molecule has 0 atom stereocenters. The van der Waals surface area contributed by atoms with Crippen molar-refractivity contribution in [1.82, 2.24) is 0 Å². The summed E-state index contributed by atoms with van der Waals surface area (Å²) < 4.78 is 1.29. The van der Waals surface area contributed by atoms with E-state index in [1.165, 1.54) is 34.9 Å². The van der Waals surface area contributed by atoms with Gasteiger partial charge in [0.2, 0.25) is 0 Å². The SMILES string of the molecule is CCc1cc(I)sc1C#Cc1cc(CC)c(C#Cc2cc(CC)c(C#Cc3cc(CC)c(C#C[Si](C)(C)C)s3)s2)s1. The zero-order valence-electron chi connectivity index (χ0n) is 24.6. The summed E-state index contributed by atoms with van der Waals surface area (Å²) in [7, 11) is -1.41. The summed E-state index contributed by atoms with van der Waals surface area (Å²) in [4.78, 5) is 7.83. The van der Waals surface area contributed by atoms with Crippen molar-refractivity contribution in [2.24, 2.45) is 0 Å². The van der Waals surface area contributed by atoms with E-state index in [2.05, 4.69) is 141 Å². The van der Waals surface area contributed by atoms with Crippen molar-refractivity contribution >= 4 is 76.0 Å². The monoisotopic (exact) mass is 736 g/mol. The van der Waals surface area contributed by atoms with Crippen LogP contribution in [0.3, 0.4) is 0 Å². The summed E-state index contributed by atoms with van der Waals surface area (Å²) in [5.74, 6) is 24.1. The first-order valence-corrected chi connectivity index (χ1v) is 21.7. The minimum atomic E-state index is -1.41. The molecule has 0 saturated carbocycles. The minimum absolute atomic E-state index is 0.945. The third-order valence-corrected chi connectivity index (χ3v) is 11.9. The van der Waals surface area contributed by atoms with Crippen LogP contribution in [0.4, 0.5) is 0 Å². The van der Waals surface area contributed by atoms with Crippen LogP contribution in [0, 0.1) is 49.9 Å². The molecule has 0 unspecified atom stereocenters. The number of aryl methyl sites for hydroxylation is 4. The second-order valence-corrected chi connectivity index (χ2v) is 21.3. The molecule has 4 aromatic heterocycles. The van der Waals surface area contributed by atoms with Crippen molar-refractivity contribution in [3.8, 4) is 47.0 Å². The molecule has 0 aliphatic rings. The molecule has 4 aromatic rings. The second kappa shape index (κ2) is 14.4. The Morgan fingerprint density at radius 2 is 0.854 bits per heavy atom. The quantitative estimate of drug-likeness (QED) is 0.111. The van der Waals surface area contributed by atoms with E-state index in [-0.39, 0.29) is 0 Å². The first-order chi connectivity index (χ1) is 19.6. The Morgan fingerprint density at radius 1 is 0.512 bits per heavy atom. The molecule has 41 heavy (non-hydrogen) atoms. The summed E-state index contributed by atoms with van der Waals surface area (Å²) in [6.45, 7) is 15.6. The van der Waals surface area contributed by atoms with Gasteiger partial charge in [-0.15, -0.1) is 50.9 Å². The molecule has 0 aliphatic carbocycles. The normalized spacial score (nSPS) is 10.5. The van der Waals surface area contributed by atoms with Crippen LogP contribution in [0.2, 0.25) is 19.6 Å². The highest BCUT2D eigenvalue weighted by Crippen LogP contribution is 2.27. The zero-order chi connectivity index (χ0) is 29.6. The maximum absolute atomic E-state index is 3.51. The van der Waals surface area contributed by atoms with E-state index in [1.54, 1.807) is 45.3 Å². The molecule has 208 valence electrons. The van der Waals surface area contributed by atoms with Gasteiger partial charge in [-0.25, -0.2) is 0 Å². The molecule has 0 N–H and O–H groups in total. The van der Waals surface area contributed by atoms with Crippen LogP contribution < -0.4 is 0 Å². The first kappa shape index (κ1) is 31.9. The van der Waals surface area contributed by atoms with Crippen molar-refractivity contribution in [3.63, 3.8) is 0 Å². The van der Waals surface area contributed by atoms with Crippen LogP contribution in [0.15, 0.2) is 24.3 Å². The lowest BCUT2D eigenvalue weighted by molar-refractivity contribution is 1.15. The molecular formula is C35H33IS4Si. The van der Waals surface area contributed by atoms with Gasteiger partial charge < -0.3 is 0 Å². The van der Waals surface area contributed by atoms with E-state index < -0.39 is 8.07 Å². The summed E-state index contributed by atoms with van der Waals surface area (Å²) in [6.07, 6.45) is 3.89. The third kappa shape index (κ3) is 8.75. The van der Waals surface area contributed by atoms with Crippen molar-refractivity contribution in [2.45, 2.75) is 73.0 Å². The lowest BCUT2D eigenvalue weighted by Crippen LogP contribution is -2.16. The Balaban J connectivity index is 1.58. The van der Waals surface area contributed by atoms with Gasteiger partial charge in [-0.05, 0) is 130 Å². The number of hydrogen-bond donors (Lipinski definition) is 0. The average molecular weight is 737 g/mol. The molecule has 0 aliphatic heterocycles. The highest BCUT2D eigenvalue weighted by atomic mass is 127. The molecule has 4 rings (SSSR count). The third-order valence-electron chi connectivity index (χ3n) is 6.18.